The Labute approximate surface area is 143 Å². The van der Waals surface area contributed by atoms with Crippen molar-refractivity contribution in [2.45, 2.75) is 12.6 Å². The zero-order valence-corrected chi connectivity index (χ0v) is 14.0. The van der Waals surface area contributed by atoms with Crippen LogP contribution in [0.15, 0.2) is 48.5 Å². The molecule has 3 aromatic rings. The topological polar surface area (TPSA) is 54.5 Å². The zero-order chi connectivity index (χ0) is 16.5. The van der Waals surface area contributed by atoms with Gasteiger partial charge in [0, 0.05) is 7.05 Å². The number of para-hydroxylation sites is 3. The average Bonchev–Trinajstić information content (AvgIpc) is 3.03. The van der Waals surface area contributed by atoms with Crippen LogP contribution in [-0.2, 0) is 11.3 Å². The number of anilines is 1. The highest BCUT2D eigenvalue weighted by atomic mass is 32.1. The van der Waals surface area contributed by atoms with Gasteiger partial charge in [0.05, 0.1) is 29.0 Å². The molecule has 0 spiro atoms. The van der Waals surface area contributed by atoms with Crippen molar-refractivity contribution in [2.24, 2.45) is 0 Å². The average molecular weight is 339 g/mol. The maximum Gasteiger partial charge on any atom is 0.262 e. The standard InChI is InChI=1S/C18H17N3O2S/c1-19-18(22)15-10-21(13-7-3-4-8-14(13)23-15)11-17-20-12-6-2-5-9-16(12)24-17/h2-9,15H,10-11H2,1H3,(H,19,22)/t15-/m0/s1. The van der Waals surface area contributed by atoms with E-state index in [1.54, 1.807) is 18.4 Å². The molecule has 0 bridgehead atoms. The van der Waals surface area contributed by atoms with E-state index in [2.05, 4.69) is 16.3 Å². The molecule has 6 heteroatoms. The van der Waals surface area contributed by atoms with E-state index >= 15 is 0 Å². The summed E-state index contributed by atoms with van der Waals surface area (Å²) in [6, 6.07) is 15.9. The number of nitrogens with one attached hydrogen (secondary N) is 1. The van der Waals surface area contributed by atoms with Gasteiger partial charge in [-0.1, -0.05) is 24.3 Å². The van der Waals surface area contributed by atoms with Gasteiger partial charge in [-0.2, -0.15) is 0 Å². The van der Waals surface area contributed by atoms with Gasteiger partial charge in [-0.3, -0.25) is 4.79 Å². The van der Waals surface area contributed by atoms with Crippen LogP contribution < -0.4 is 15.0 Å². The van der Waals surface area contributed by atoms with Crippen LogP contribution in [0.3, 0.4) is 0 Å². The Balaban J connectivity index is 1.66. The number of rotatable bonds is 3. The number of carbonyl (C=O) groups excluding carboxylic acids is 1. The van der Waals surface area contributed by atoms with Crippen LogP contribution in [0.25, 0.3) is 10.2 Å². The predicted molar refractivity (Wildman–Crippen MR) is 95.6 cm³/mol. The van der Waals surface area contributed by atoms with Gasteiger partial charge in [-0.25, -0.2) is 4.98 Å². The number of hydrogen-bond donors (Lipinski definition) is 1. The van der Waals surface area contributed by atoms with Gasteiger partial charge in [0.1, 0.15) is 10.8 Å². The number of aromatic nitrogens is 1. The molecule has 1 amide bonds. The molecule has 2 aromatic carbocycles. The Hall–Kier alpha value is -2.60. The lowest BCUT2D eigenvalue weighted by molar-refractivity contribution is -0.127. The largest absolute Gasteiger partial charge is 0.477 e. The summed E-state index contributed by atoms with van der Waals surface area (Å²) < 4.78 is 7.02. The first-order valence-corrected chi connectivity index (χ1v) is 8.63. The number of ether oxygens (including phenoxy) is 1. The molecule has 2 heterocycles. The Bertz CT molecular complexity index is 860. The second kappa shape index (κ2) is 6.13. The minimum absolute atomic E-state index is 0.112. The van der Waals surface area contributed by atoms with E-state index in [9.17, 15) is 4.79 Å². The summed E-state index contributed by atoms with van der Waals surface area (Å²) in [6.45, 7) is 1.17. The molecular formula is C18H17N3O2S. The first-order chi connectivity index (χ1) is 11.7. The molecule has 1 atom stereocenters. The van der Waals surface area contributed by atoms with Crippen molar-refractivity contribution in [3.8, 4) is 5.75 Å². The second-order valence-electron chi connectivity index (χ2n) is 5.64. The number of nitrogens with zero attached hydrogens (tertiary/aromatic N) is 2. The summed E-state index contributed by atoms with van der Waals surface area (Å²) in [7, 11) is 1.63. The predicted octanol–water partition coefficient (Wildman–Crippen LogP) is 2.81. The fourth-order valence-corrected chi connectivity index (χ4v) is 3.89. The van der Waals surface area contributed by atoms with E-state index in [4.69, 9.17) is 9.72 Å². The van der Waals surface area contributed by atoms with Crippen molar-refractivity contribution in [3.05, 3.63) is 53.5 Å². The molecule has 0 aliphatic carbocycles. The monoisotopic (exact) mass is 339 g/mol. The molecule has 122 valence electrons. The minimum atomic E-state index is -0.515. The van der Waals surface area contributed by atoms with Gasteiger partial charge in [-0.15, -0.1) is 11.3 Å². The highest BCUT2D eigenvalue weighted by Crippen LogP contribution is 2.35. The number of likely N-dealkylation sites (N-methyl/N-ethyl adjacent to an activating group) is 1. The summed E-state index contributed by atoms with van der Waals surface area (Å²) in [4.78, 5) is 18.9. The van der Waals surface area contributed by atoms with E-state index in [1.807, 2.05) is 42.5 Å². The maximum absolute atomic E-state index is 12.0. The van der Waals surface area contributed by atoms with Crippen molar-refractivity contribution in [3.63, 3.8) is 0 Å². The molecular weight excluding hydrogens is 322 g/mol. The maximum atomic E-state index is 12.0. The number of hydrogen-bond acceptors (Lipinski definition) is 5. The van der Waals surface area contributed by atoms with Crippen molar-refractivity contribution in [1.82, 2.24) is 10.3 Å². The lowest BCUT2D eigenvalue weighted by Gasteiger charge is -2.34. The smallest absolute Gasteiger partial charge is 0.262 e. The molecule has 24 heavy (non-hydrogen) atoms. The van der Waals surface area contributed by atoms with Gasteiger partial charge in [0.2, 0.25) is 0 Å². The molecule has 0 saturated carbocycles. The van der Waals surface area contributed by atoms with E-state index in [-0.39, 0.29) is 5.91 Å². The van der Waals surface area contributed by atoms with E-state index in [0.717, 1.165) is 22.0 Å². The summed E-state index contributed by atoms with van der Waals surface area (Å²) in [5, 5.41) is 3.70. The summed E-state index contributed by atoms with van der Waals surface area (Å²) >= 11 is 1.69. The quantitative estimate of drug-likeness (QED) is 0.797. The molecule has 0 unspecified atom stereocenters. The number of thiazole rings is 1. The number of carbonyl (C=O) groups is 1. The third-order valence-electron chi connectivity index (χ3n) is 4.06. The lowest BCUT2D eigenvalue weighted by atomic mass is 10.2. The van der Waals surface area contributed by atoms with Crippen LogP contribution in [0.2, 0.25) is 0 Å². The van der Waals surface area contributed by atoms with Gasteiger partial charge in [0.25, 0.3) is 5.91 Å². The SMILES string of the molecule is CNC(=O)[C@@H]1CN(Cc2nc3ccccc3s2)c2ccccc2O1. The van der Waals surface area contributed by atoms with Gasteiger partial charge in [0.15, 0.2) is 6.10 Å². The highest BCUT2D eigenvalue weighted by molar-refractivity contribution is 7.18. The molecule has 4 rings (SSSR count). The molecule has 0 saturated heterocycles. The third kappa shape index (κ3) is 2.69. The number of amides is 1. The van der Waals surface area contributed by atoms with Crippen LogP contribution >= 0.6 is 11.3 Å². The summed E-state index contributed by atoms with van der Waals surface area (Å²) in [5.74, 6) is 0.622. The molecule has 0 radical (unpaired) electrons. The fourth-order valence-electron chi connectivity index (χ4n) is 2.91. The first-order valence-electron chi connectivity index (χ1n) is 7.81. The van der Waals surface area contributed by atoms with Gasteiger partial charge in [-0.05, 0) is 24.3 Å². The molecule has 1 N–H and O–H groups in total. The van der Waals surface area contributed by atoms with Crippen LogP contribution in [-0.4, -0.2) is 30.6 Å². The molecule has 1 aliphatic rings. The summed E-state index contributed by atoms with van der Waals surface area (Å²) in [6.07, 6.45) is -0.515. The van der Waals surface area contributed by atoms with E-state index < -0.39 is 6.10 Å². The van der Waals surface area contributed by atoms with Crippen LogP contribution in [0.1, 0.15) is 5.01 Å². The third-order valence-corrected chi connectivity index (χ3v) is 5.09. The van der Waals surface area contributed by atoms with Crippen molar-refractivity contribution in [1.29, 1.82) is 0 Å². The van der Waals surface area contributed by atoms with Crippen LogP contribution in [0, 0.1) is 0 Å². The normalized spacial score (nSPS) is 16.5. The van der Waals surface area contributed by atoms with E-state index in [1.165, 1.54) is 4.70 Å². The van der Waals surface area contributed by atoms with E-state index in [0.29, 0.717) is 13.1 Å². The van der Waals surface area contributed by atoms with Gasteiger partial charge >= 0.3 is 0 Å². The molecule has 0 fully saturated rings. The fraction of sp³-hybridized carbons (Fsp3) is 0.222. The molecule has 1 aliphatic heterocycles. The Morgan fingerprint density at radius 3 is 2.92 bits per heavy atom. The lowest BCUT2D eigenvalue weighted by Crippen LogP contribution is -2.47. The number of benzene rings is 2. The number of fused-ring (bicyclic) bond motifs is 2. The second-order valence-corrected chi connectivity index (χ2v) is 6.76. The van der Waals surface area contributed by atoms with Gasteiger partial charge < -0.3 is 15.0 Å². The zero-order valence-electron chi connectivity index (χ0n) is 13.2. The Kier molecular flexibility index (Phi) is 3.82. The van der Waals surface area contributed by atoms with Crippen molar-refractivity contribution < 1.29 is 9.53 Å². The Morgan fingerprint density at radius 1 is 1.29 bits per heavy atom. The van der Waals surface area contributed by atoms with Crippen LogP contribution in [0.5, 0.6) is 5.75 Å². The van der Waals surface area contributed by atoms with Crippen molar-refractivity contribution >= 4 is 33.1 Å². The minimum Gasteiger partial charge on any atom is -0.477 e. The molecule has 5 nitrogen and oxygen atoms in total. The van der Waals surface area contributed by atoms with Crippen LogP contribution in [0.4, 0.5) is 5.69 Å². The first kappa shape index (κ1) is 15.0. The highest BCUT2D eigenvalue weighted by Gasteiger charge is 2.30. The Morgan fingerprint density at radius 2 is 2.08 bits per heavy atom. The van der Waals surface area contributed by atoms with Crippen molar-refractivity contribution in [2.75, 3.05) is 18.5 Å². The summed E-state index contributed by atoms with van der Waals surface area (Å²) in [5.41, 5.74) is 2.01. The molecule has 1 aromatic heterocycles.